The largest absolute Gasteiger partial charge is 0.353 e. The van der Waals surface area contributed by atoms with Crippen LogP contribution in [0, 0.1) is 5.92 Å². The van der Waals surface area contributed by atoms with Gasteiger partial charge in [0.15, 0.2) is 4.34 Å². The predicted octanol–water partition coefficient (Wildman–Crippen LogP) is 4.31. The molecule has 0 unspecified atom stereocenters. The van der Waals surface area contributed by atoms with Gasteiger partial charge in [0.1, 0.15) is 10.7 Å². The zero-order valence-corrected chi connectivity index (χ0v) is 16.7. The van der Waals surface area contributed by atoms with Crippen molar-refractivity contribution in [2.24, 2.45) is 5.92 Å². The third-order valence-corrected chi connectivity index (χ3v) is 7.00. The van der Waals surface area contributed by atoms with Gasteiger partial charge in [-0.2, -0.15) is 0 Å². The van der Waals surface area contributed by atoms with E-state index < -0.39 is 0 Å². The van der Waals surface area contributed by atoms with Gasteiger partial charge in [-0.25, -0.2) is 4.98 Å². The van der Waals surface area contributed by atoms with Crippen molar-refractivity contribution in [3.63, 3.8) is 0 Å². The molecule has 7 heteroatoms. The molecule has 0 bridgehead atoms. The summed E-state index contributed by atoms with van der Waals surface area (Å²) in [6.45, 7) is 0. The lowest BCUT2D eigenvalue weighted by Crippen LogP contribution is -2.26. The predicted molar refractivity (Wildman–Crippen MR) is 110 cm³/mol. The third kappa shape index (κ3) is 4.90. The number of nitrogens with one attached hydrogen (secondary N) is 2. The Hall–Kier alpha value is -1.86. The summed E-state index contributed by atoms with van der Waals surface area (Å²) in [5.41, 5.74) is 1.77. The van der Waals surface area contributed by atoms with E-state index in [9.17, 15) is 9.59 Å². The van der Waals surface area contributed by atoms with E-state index in [1.54, 1.807) is 0 Å². The number of thiazole rings is 1. The van der Waals surface area contributed by atoms with Crippen molar-refractivity contribution in [3.8, 4) is 11.3 Å². The van der Waals surface area contributed by atoms with Crippen LogP contribution >= 0.6 is 23.1 Å². The van der Waals surface area contributed by atoms with E-state index in [0.717, 1.165) is 59.1 Å². The second-order valence-corrected chi connectivity index (χ2v) is 9.35. The number of anilines is 1. The molecule has 2 fully saturated rings. The van der Waals surface area contributed by atoms with E-state index in [1.807, 2.05) is 30.3 Å². The molecule has 1 aromatic heterocycles. The van der Waals surface area contributed by atoms with Crippen molar-refractivity contribution >= 4 is 39.9 Å². The van der Waals surface area contributed by atoms with Crippen molar-refractivity contribution < 1.29 is 9.59 Å². The van der Waals surface area contributed by atoms with Crippen LogP contribution in [0.15, 0.2) is 34.7 Å². The third-order valence-electron chi connectivity index (χ3n) is 4.89. The summed E-state index contributed by atoms with van der Waals surface area (Å²) < 4.78 is 0.807. The monoisotopic (exact) mass is 401 g/mol. The minimum absolute atomic E-state index is 0.0514. The summed E-state index contributed by atoms with van der Waals surface area (Å²) >= 11 is 2.89. The number of amides is 2. The topological polar surface area (TPSA) is 71.1 Å². The van der Waals surface area contributed by atoms with Gasteiger partial charge in [0.05, 0.1) is 5.75 Å². The minimum Gasteiger partial charge on any atom is -0.353 e. The van der Waals surface area contributed by atoms with E-state index in [1.165, 1.54) is 23.1 Å². The summed E-state index contributed by atoms with van der Waals surface area (Å²) in [7, 11) is 0. The molecule has 2 aliphatic rings. The number of aromatic nitrogens is 1. The fraction of sp³-hybridized carbons (Fsp3) is 0.450. The highest BCUT2D eigenvalue weighted by atomic mass is 32.2. The summed E-state index contributed by atoms with van der Waals surface area (Å²) in [5, 5.41) is 6.88. The summed E-state index contributed by atoms with van der Waals surface area (Å²) in [6, 6.07) is 10.3. The summed E-state index contributed by atoms with van der Waals surface area (Å²) in [6.07, 6.45) is 6.36. The molecule has 0 spiro atoms. The Labute approximate surface area is 167 Å². The quantitative estimate of drug-likeness (QED) is 0.678. The molecule has 142 valence electrons. The highest BCUT2D eigenvalue weighted by molar-refractivity contribution is 8.01. The molecule has 2 amide bonds. The highest BCUT2D eigenvalue weighted by Gasteiger charge is 2.26. The fourth-order valence-corrected chi connectivity index (χ4v) is 5.14. The van der Waals surface area contributed by atoms with E-state index in [4.69, 9.17) is 4.98 Å². The number of rotatable bonds is 7. The van der Waals surface area contributed by atoms with Gasteiger partial charge in [0.2, 0.25) is 11.8 Å². The molecule has 2 N–H and O–H groups in total. The molecule has 2 saturated carbocycles. The van der Waals surface area contributed by atoms with E-state index in [-0.39, 0.29) is 17.7 Å². The molecule has 1 aromatic carbocycles. The van der Waals surface area contributed by atoms with Crippen LogP contribution in [-0.4, -0.2) is 28.6 Å². The Bertz CT molecular complexity index is 812. The average Bonchev–Trinajstić information content (AvgIpc) is 3.17. The SMILES string of the molecule is O=C(CSc1nc(-c2ccccc2)c(NC(=O)C2CCCC2)s1)NC1CC1. The number of hydrogen-bond donors (Lipinski definition) is 2. The van der Waals surface area contributed by atoms with Crippen molar-refractivity contribution in [3.05, 3.63) is 30.3 Å². The van der Waals surface area contributed by atoms with E-state index in [2.05, 4.69) is 10.6 Å². The van der Waals surface area contributed by atoms with E-state index >= 15 is 0 Å². The molecule has 27 heavy (non-hydrogen) atoms. The van der Waals surface area contributed by atoms with Gasteiger partial charge in [-0.15, -0.1) is 0 Å². The smallest absolute Gasteiger partial charge is 0.230 e. The highest BCUT2D eigenvalue weighted by Crippen LogP contribution is 2.38. The van der Waals surface area contributed by atoms with Crippen LogP contribution in [0.25, 0.3) is 11.3 Å². The van der Waals surface area contributed by atoms with Gasteiger partial charge in [-0.05, 0) is 25.7 Å². The van der Waals surface area contributed by atoms with Crippen molar-refractivity contribution in [1.82, 2.24) is 10.3 Å². The van der Waals surface area contributed by atoms with Crippen LogP contribution in [0.3, 0.4) is 0 Å². The lowest BCUT2D eigenvalue weighted by molar-refractivity contribution is -0.120. The van der Waals surface area contributed by atoms with Crippen LogP contribution < -0.4 is 10.6 Å². The first-order chi connectivity index (χ1) is 13.2. The zero-order chi connectivity index (χ0) is 18.6. The van der Waals surface area contributed by atoms with Crippen molar-refractivity contribution in [1.29, 1.82) is 0 Å². The van der Waals surface area contributed by atoms with Crippen LogP contribution in [0.4, 0.5) is 5.00 Å². The van der Waals surface area contributed by atoms with Crippen LogP contribution in [0.1, 0.15) is 38.5 Å². The standard InChI is InChI=1S/C20H23N3O2S2/c24-16(21-15-10-11-15)12-26-20-22-17(13-6-2-1-3-7-13)19(27-20)23-18(25)14-8-4-5-9-14/h1-3,6-7,14-15H,4-5,8-12H2,(H,21,24)(H,23,25). The Morgan fingerprint density at radius 1 is 1.11 bits per heavy atom. The molecule has 2 aromatic rings. The molecule has 0 saturated heterocycles. The van der Waals surface area contributed by atoms with Gasteiger partial charge in [-0.1, -0.05) is 66.3 Å². The molecule has 5 nitrogen and oxygen atoms in total. The van der Waals surface area contributed by atoms with Gasteiger partial charge < -0.3 is 10.6 Å². The first kappa shape index (κ1) is 18.5. The number of hydrogen-bond acceptors (Lipinski definition) is 5. The Balaban J connectivity index is 1.49. The van der Waals surface area contributed by atoms with Crippen molar-refractivity contribution in [2.75, 3.05) is 11.1 Å². The van der Waals surface area contributed by atoms with Crippen LogP contribution in [-0.2, 0) is 9.59 Å². The molecule has 0 atom stereocenters. The number of benzene rings is 1. The molecular formula is C20H23N3O2S2. The normalized spacial score (nSPS) is 17.0. The molecular weight excluding hydrogens is 378 g/mol. The molecule has 0 aliphatic heterocycles. The van der Waals surface area contributed by atoms with Gasteiger partial charge in [0, 0.05) is 17.5 Å². The second-order valence-electron chi connectivity index (χ2n) is 7.12. The van der Waals surface area contributed by atoms with Gasteiger partial charge in [0.25, 0.3) is 0 Å². The number of thioether (sulfide) groups is 1. The average molecular weight is 402 g/mol. The lowest BCUT2D eigenvalue weighted by Gasteiger charge is -2.09. The molecule has 0 radical (unpaired) electrons. The van der Waals surface area contributed by atoms with Gasteiger partial charge in [-0.3, -0.25) is 9.59 Å². The Morgan fingerprint density at radius 3 is 2.56 bits per heavy atom. The maximum absolute atomic E-state index is 12.6. The number of nitrogens with zero attached hydrogens (tertiary/aromatic N) is 1. The maximum atomic E-state index is 12.6. The number of carbonyl (C=O) groups excluding carboxylic acids is 2. The first-order valence-electron chi connectivity index (χ1n) is 9.48. The summed E-state index contributed by atoms with van der Waals surface area (Å²) in [4.78, 5) is 29.3. The van der Waals surface area contributed by atoms with Crippen LogP contribution in [0.5, 0.6) is 0 Å². The second kappa shape index (κ2) is 8.44. The van der Waals surface area contributed by atoms with Gasteiger partial charge >= 0.3 is 0 Å². The maximum Gasteiger partial charge on any atom is 0.230 e. The Kier molecular flexibility index (Phi) is 5.78. The lowest BCUT2D eigenvalue weighted by atomic mass is 10.1. The minimum atomic E-state index is 0.0514. The molecule has 1 heterocycles. The van der Waals surface area contributed by atoms with Crippen LogP contribution in [0.2, 0.25) is 0 Å². The summed E-state index contributed by atoms with van der Waals surface area (Å²) in [5.74, 6) is 0.608. The van der Waals surface area contributed by atoms with E-state index in [0.29, 0.717) is 11.8 Å². The Morgan fingerprint density at radius 2 is 1.85 bits per heavy atom. The van der Waals surface area contributed by atoms with Crippen molar-refractivity contribution in [2.45, 2.75) is 48.9 Å². The number of carbonyl (C=O) groups is 2. The fourth-order valence-electron chi connectivity index (χ4n) is 3.26. The molecule has 4 rings (SSSR count). The zero-order valence-electron chi connectivity index (χ0n) is 15.1. The molecule has 2 aliphatic carbocycles. The first-order valence-corrected chi connectivity index (χ1v) is 11.3.